The van der Waals surface area contributed by atoms with E-state index < -0.39 is 36.0 Å². The molecule has 21 heavy (non-hydrogen) atoms. The van der Waals surface area contributed by atoms with Crippen molar-refractivity contribution >= 4 is 37.0 Å². The Morgan fingerprint density at radius 2 is 1.52 bits per heavy atom. The van der Waals surface area contributed by atoms with Crippen LogP contribution in [0.15, 0.2) is 40.1 Å². The minimum Gasteiger partial charge on any atom is -0.478 e. The van der Waals surface area contributed by atoms with Crippen molar-refractivity contribution in [1.29, 1.82) is 0 Å². The van der Waals surface area contributed by atoms with E-state index in [1.54, 1.807) is 0 Å². The van der Waals surface area contributed by atoms with Crippen molar-refractivity contribution in [3.05, 3.63) is 35.9 Å². The highest BCUT2D eigenvalue weighted by molar-refractivity contribution is 7.86. The van der Waals surface area contributed by atoms with E-state index >= 15 is 0 Å². The van der Waals surface area contributed by atoms with Crippen molar-refractivity contribution in [1.82, 2.24) is 0 Å². The quantitative estimate of drug-likeness (QED) is 0.706. The minimum atomic E-state index is -4.82. The van der Waals surface area contributed by atoms with Gasteiger partial charge in [-0.3, -0.25) is 9.11 Å². The lowest BCUT2D eigenvalue weighted by molar-refractivity contribution is 0.0697. The average molecular weight is 332 g/mol. The largest absolute Gasteiger partial charge is 0.478 e. The van der Waals surface area contributed by atoms with Gasteiger partial charge in [-0.2, -0.15) is 16.8 Å². The maximum Gasteiger partial charge on any atom is 0.335 e. The summed E-state index contributed by atoms with van der Waals surface area (Å²) < 4.78 is 63.0. The van der Waals surface area contributed by atoms with Gasteiger partial charge < -0.3 is 5.11 Å². The topological polar surface area (TPSA) is 146 Å². The fourth-order valence-electron chi connectivity index (χ4n) is 1.79. The summed E-state index contributed by atoms with van der Waals surface area (Å²) >= 11 is 0. The number of fused-ring (bicyclic) bond motifs is 1. The van der Waals surface area contributed by atoms with Gasteiger partial charge in [-0.05, 0) is 29.7 Å². The highest BCUT2D eigenvalue weighted by Gasteiger charge is 2.21. The predicted molar refractivity (Wildman–Crippen MR) is 70.5 cm³/mol. The van der Waals surface area contributed by atoms with Crippen LogP contribution in [0.25, 0.3) is 10.8 Å². The average Bonchev–Trinajstić information content (AvgIpc) is 2.34. The Hall–Kier alpha value is -2.01. The van der Waals surface area contributed by atoms with Gasteiger partial charge in [-0.25, -0.2) is 4.79 Å². The van der Waals surface area contributed by atoms with Crippen LogP contribution in [-0.4, -0.2) is 37.0 Å². The molecule has 112 valence electrons. The van der Waals surface area contributed by atoms with Crippen LogP contribution < -0.4 is 0 Å². The van der Waals surface area contributed by atoms with Gasteiger partial charge in [0, 0.05) is 5.39 Å². The van der Waals surface area contributed by atoms with Crippen LogP contribution in [0.3, 0.4) is 0 Å². The zero-order valence-electron chi connectivity index (χ0n) is 10.1. The lowest BCUT2D eigenvalue weighted by Gasteiger charge is -2.07. The van der Waals surface area contributed by atoms with Crippen LogP contribution in [0.5, 0.6) is 0 Å². The van der Waals surface area contributed by atoms with Crippen LogP contribution in [0, 0.1) is 0 Å². The van der Waals surface area contributed by atoms with Crippen LogP contribution >= 0.6 is 0 Å². The molecule has 2 rings (SSSR count). The summed E-state index contributed by atoms with van der Waals surface area (Å²) in [5, 5.41) is 8.73. The SMILES string of the molecule is O=C(O)c1ccc2cc(S(=O)(=O)O)cc(S(=O)(=O)O)c2c1. The molecule has 0 spiro atoms. The summed E-state index contributed by atoms with van der Waals surface area (Å²) in [6.45, 7) is 0. The first-order chi connectivity index (χ1) is 9.50. The number of hydrogen-bond donors (Lipinski definition) is 3. The van der Waals surface area contributed by atoms with E-state index in [-0.39, 0.29) is 16.3 Å². The van der Waals surface area contributed by atoms with Gasteiger partial charge in [0.15, 0.2) is 0 Å². The molecule has 0 bridgehead atoms. The third-order valence-corrected chi connectivity index (χ3v) is 4.44. The van der Waals surface area contributed by atoms with Gasteiger partial charge in [-0.15, -0.1) is 0 Å². The fraction of sp³-hybridized carbons (Fsp3) is 0. The molecule has 0 fully saturated rings. The van der Waals surface area contributed by atoms with E-state index in [2.05, 4.69) is 0 Å². The van der Waals surface area contributed by atoms with Crippen LogP contribution in [0.1, 0.15) is 10.4 Å². The number of carbonyl (C=O) groups is 1. The molecule has 0 aliphatic rings. The monoisotopic (exact) mass is 332 g/mol. The first kappa shape index (κ1) is 15.4. The van der Waals surface area contributed by atoms with Gasteiger partial charge in [-0.1, -0.05) is 6.07 Å². The molecule has 2 aromatic carbocycles. The number of rotatable bonds is 3. The molecule has 0 amide bonds. The Labute approximate surface area is 119 Å². The van der Waals surface area contributed by atoms with Crippen molar-refractivity contribution in [3.8, 4) is 0 Å². The maximum absolute atomic E-state index is 11.3. The summed E-state index contributed by atoms with van der Waals surface area (Å²) in [5.74, 6) is -1.32. The molecule has 0 atom stereocenters. The molecule has 0 radical (unpaired) electrons. The second kappa shape index (κ2) is 4.77. The Morgan fingerprint density at radius 3 is 2.00 bits per heavy atom. The molecule has 0 aliphatic heterocycles. The number of hydrogen-bond acceptors (Lipinski definition) is 5. The molecule has 0 aliphatic carbocycles. The molecular formula is C11H8O8S2. The van der Waals surface area contributed by atoms with E-state index in [0.717, 1.165) is 18.2 Å². The maximum atomic E-state index is 11.3. The van der Waals surface area contributed by atoms with Crippen molar-refractivity contribution in [2.45, 2.75) is 9.79 Å². The molecule has 8 nitrogen and oxygen atoms in total. The first-order valence-electron chi connectivity index (χ1n) is 5.26. The molecule has 0 unspecified atom stereocenters. The third-order valence-electron chi connectivity index (χ3n) is 2.71. The molecule has 0 heterocycles. The van der Waals surface area contributed by atoms with E-state index in [1.807, 2.05) is 0 Å². The summed E-state index contributed by atoms with van der Waals surface area (Å²) in [7, 11) is -9.52. The lowest BCUT2D eigenvalue weighted by Crippen LogP contribution is -2.05. The summed E-state index contributed by atoms with van der Waals surface area (Å²) in [6, 6.07) is 4.80. The summed E-state index contributed by atoms with van der Waals surface area (Å²) in [4.78, 5) is 9.34. The van der Waals surface area contributed by atoms with E-state index in [9.17, 15) is 21.6 Å². The van der Waals surface area contributed by atoms with Crippen molar-refractivity contribution in [3.63, 3.8) is 0 Å². The van der Waals surface area contributed by atoms with Crippen molar-refractivity contribution in [2.75, 3.05) is 0 Å². The van der Waals surface area contributed by atoms with Crippen LogP contribution in [-0.2, 0) is 20.2 Å². The van der Waals surface area contributed by atoms with Crippen molar-refractivity contribution < 1.29 is 35.8 Å². The number of benzene rings is 2. The molecular weight excluding hydrogens is 324 g/mol. The Bertz CT molecular complexity index is 957. The zero-order chi connectivity index (χ0) is 16.0. The van der Waals surface area contributed by atoms with Crippen LogP contribution in [0.2, 0.25) is 0 Å². The Morgan fingerprint density at radius 1 is 0.905 bits per heavy atom. The van der Waals surface area contributed by atoms with Gasteiger partial charge >= 0.3 is 5.97 Å². The predicted octanol–water partition coefficient (Wildman–Crippen LogP) is 1.03. The van der Waals surface area contributed by atoms with E-state index in [4.69, 9.17) is 14.2 Å². The molecule has 0 saturated heterocycles. The number of carboxylic acids is 1. The Kier molecular flexibility index (Phi) is 3.49. The molecule has 10 heteroatoms. The normalized spacial score (nSPS) is 12.5. The minimum absolute atomic E-state index is 0.0303. The van der Waals surface area contributed by atoms with Crippen molar-refractivity contribution in [2.24, 2.45) is 0 Å². The van der Waals surface area contributed by atoms with E-state index in [1.165, 1.54) is 6.07 Å². The van der Waals surface area contributed by atoms with Gasteiger partial charge in [0.05, 0.1) is 10.5 Å². The summed E-state index contributed by atoms with van der Waals surface area (Å²) in [6.07, 6.45) is 0. The molecule has 0 saturated carbocycles. The summed E-state index contributed by atoms with van der Waals surface area (Å²) in [5.41, 5.74) is -0.244. The zero-order valence-corrected chi connectivity index (χ0v) is 11.7. The first-order valence-corrected chi connectivity index (χ1v) is 8.14. The molecule has 2 aromatic rings. The van der Waals surface area contributed by atoms with Gasteiger partial charge in [0.25, 0.3) is 20.2 Å². The van der Waals surface area contributed by atoms with Gasteiger partial charge in [0.2, 0.25) is 0 Å². The second-order valence-corrected chi connectivity index (χ2v) is 6.92. The number of aromatic carboxylic acids is 1. The Balaban J connectivity index is 2.99. The lowest BCUT2D eigenvalue weighted by atomic mass is 10.1. The second-order valence-electron chi connectivity index (χ2n) is 4.11. The van der Waals surface area contributed by atoms with Crippen LogP contribution in [0.4, 0.5) is 0 Å². The fourth-order valence-corrected chi connectivity index (χ4v) is 3.14. The van der Waals surface area contributed by atoms with E-state index in [0.29, 0.717) is 6.07 Å². The highest BCUT2D eigenvalue weighted by Crippen LogP contribution is 2.28. The third kappa shape index (κ3) is 3.03. The smallest absolute Gasteiger partial charge is 0.335 e. The molecule has 0 aromatic heterocycles. The standard InChI is InChI=1S/C11H8O8S2/c12-11(13)7-2-1-6-3-8(20(14,15)16)5-10(9(6)4-7)21(17,18)19/h1-5H,(H,12,13)(H,14,15,16)(H,17,18,19). The van der Waals surface area contributed by atoms with Gasteiger partial charge in [0.1, 0.15) is 4.90 Å². The highest BCUT2D eigenvalue weighted by atomic mass is 32.2. The molecule has 3 N–H and O–H groups in total. The number of carboxylic acid groups (broad SMARTS) is 1.